The summed E-state index contributed by atoms with van der Waals surface area (Å²) in [7, 11) is 0. The average molecular weight is 216 g/mol. The van der Waals surface area contributed by atoms with Crippen LogP contribution < -0.4 is 0 Å². The lowest BCUT2D eigenvalue weighted by atomic mass is 10.2. The Morgan fingerprint density at radius 2 is 1.53 bits per heavy atom. The zero-order valence-corrected chi connectivity index (χ0v) is 9.75. The van der Waals surface area contributed by atoms with Gasteiger partial charge in [0, 0.05) is 6.92 Å². The molecular formula is C11H20O4. The first-order valence-corrected chi connectivity index (χ1v) is 5.34. The maximum absolute atomic E-state index is 11.0. The van der Waals surface area contributed by atoms with Crippen LogP contribution in [0.2, 0.25) is 0 Å². The van der Waals surface area contributed by atoms with Crippen molar-refractivity contribution < 1.29 is 19.1 Å². The van der Waals surface area contributed by atoms with Gasteiger partial charge in [-0.2, -0.15) is 0 Å². The molecule has 0 aliphatic heterocycles. The molecule has 4 nitrogen and oxygen atoms in total. The van der Waals surface area contributed by atoms with E-state index in [9.17, 15) is 9.59 Å². The van der Waals surface area contributed by atoms with Crippen LogP contribution in [0.1, 0.15) is 40.0 Å². The van der Waals surface area contributed by atoms with Gasteiger partial charge in [-0.05, 0) is 19.3 Å². The molecule has 0 saturated heterocycles. The molecule has 0 heterocycles. The normalized spacial score (nSPS) is 10.1. The zero-order valence-electron chi connectivity index (χ0n) is 9.75. The fraction of sp³-hybridized carbons (Fsp3) is 0.818. The van der Waals surface area contributed by atoms with E-state index in [-0.39, 0.29) is 17.9 Å². The molecule has 0 aliphatic rings. The van der Waals surface area contributed by atoms with Gasteiger partial charge in [-0.1, -0.05) is 13.8 Å². The molecule has 88 valence electrons. The number of rotatable bonds is 7. The third-order valence-corrected chi connectivity index (χ3v) is 1.81. The Bertz CT molecular complexity index is 199. The summed E-state index contributed by atoms with van der Waals surface area (Å²) >= 11 is 0. The lowest BCUT2D eigenvalue weighted by molar-refractivity contribution is -0.147. The number of carbonyl (C=O) groups excluding carboxylic acids is 2. The van der Waals surface area contributed by atoms with E-state index in [0.29, 0.717) is 13.2 Å². The Morgan fingerprint density at radius 3 is 2.00 bits per heavy atom. The van der Waals surface area contributed by atoms with Crippen LogP contribution in [0.3, 0.4) is 0 Å². The number of ether oxygens (including phenoxy) is 2. The Kier molecular flexibility index (Phi) is 7.68. The van der Waals surface area contributed by atoms with Crippen LogP contribution >= 0.6 is 0 Å². The number of carbonyl (C=O) groups is 2. The van der Waals surface area contributed by atoms with Gasteiger partial charge < -0.3 is 9.47 Å². The minimum absolute atomic E-state index is 0.0638. The minimum atomic E-state index is -0.249. The standard InChI is InChI=1S/C11H20O4/c1-9(2)11(13)15-8-6-4-5-7-14-10(3)12/h9H,4-8H2,1-3H3. The van der Waals surface area contributed by atoms with E-state index in [4.69, 9.17) is 9.47 Å². The molecule has 4 heteroatoms. The van der Waals surface area contributed by atoms with Crippen LogP contribution in [0.25, 0.3) is 0 Å². The molecule has 0 fully saturated rings. The second kappa shape index (κ2) is 8.26. The van der Waals surface area contributed by atoms with Gasteiger partial charge in [-0.15, -0.1) is 0 Å². The molecule has 0 unspecified atom stereocenters. The third-order valence-electron chi connectivity index (χ3n) is 1.81. The smallest absolute Gasteiger partial charge is 0.308 e. The Balaban J connectivity index is 3.18. The number of hydrogen-bond acceptors (Lipinski definition) is 4. The Hall–Kier alpha value is -1.06. The first kappa shape index (κ1) is 13.9. The van der Waals surface area contributed by atoms with E-state index in [0.717, 1.165) is 19.3 Å². The quantitative estimate of drug-likeness (QED) is 0.482. The van der Waals surface area contributed by atoms with Crippen molar-refractivity contribution in [2.45, 2.75) is 40.0 Å². The zero-order chi connectivity index (χ0) is 11.7. The topological polar surface area (TPSA) is 52.6 Å². The summed E-state index contributed by atoms with van der Waals surface area (Å²) in [6.07, 6.45) is 2.54. The van der Waals surface area contributed by atoms with Crippen molar-refractivity contribution in [2.75, 3.05) is 13.2 Å². The molecule has 0 aromatic rings. The van der Waals surface area contributed by atoms with E-state index < -0.39 is 0 Å². The maximum atomic E-state index is 11.0. The third kappa shape index (κ3) is 9.25. The number of hydrogen-bond donors (Lipinski definition) is 0. The van der Waals surface area contributed by atoms with Crippen molar-refractivity contribution in [3.05, 3.63) is 0 Å². The van der Waals surface area contributed by atoms with Crippen LogP contribution in [0, 0.1) is 5.92 Å². The van der Waals surface area contributed by atoms with E-state index in [1.165, 1.54) is 6.92 Å². The molecule has 0 saturated carbocycles. The SMILES string of the molecule is CC(=O)OCCCCCOC(=O)C(C)C. The van der Waals surface area contributed by atoms with Crippen molar-refractivity contribution in [3.8, 4) is 0 Å². The summed E-state index contributed by atoms with van der Waals surface area (Å²) in [4.78, 5) is 21.4. The van der Waals surface area contributed by atoms with Crippen LogP contribution in [0.4, 0.5) is 0 Å². The van der Waals surface area contributed by atoms with Gasteiger partial charge >= 0.3 is 11.9 Å². The van der Waals surface area contributed by atoms with Crippen molar-refractivity contribution in [2.24, 2.45) is 5.92 Å². The van der Waals surface area contributed by atoms with Gasteiger partial charge in [-0.3, -0.25) is 9.59 Å². The molecule has 0 bridgehead atoms. The molecule has 0 amide bonds. The minimum Gasteiger partial charge on any atom is -0.466 e. The van der Waals surface area contributed by atoms with Crippen molar-refractivity contribution in [1.82, 2.24) is 0 Å². The average Bonchev–Trinajstić information content (AvgIpc) is 2.15. The van der Waals surface area contributed by atoms with E-state index in [1.54, 1.807) is 0 Å². The summed E-state index contributed by atoms with van der Waals surface area (Å²) in [5, 5.41) is 0. The van der Waals surface area contributed by atoms with Crippen LogP contribution in [0.15, 0.2) is 0 Å². The molecular weight excluding hydrogens is 196 g/mol. The first-order chi connectivity index (χ1) is 7.04. The van der Waals surface area contributed by atoms with E-state index in [2.05, 4.69) is 0 Å². The predicted molar refractivity (Wildman–Crippen MR) is 56.3 cm³/mol. The van der Waals surface area contributed by atoms with Gasteiger partial charge in [0.25, 0.3) is 0 Å². The molecule has 0 spiro atoms. The second-order valence-electron chi connectivity index (χ2n) is 3.72. The number of esters is 2. The Morgan fingerprint density at radius 1 is 1.00 bits per heavy atom. The van der Waals surface area contributed by atoms with Crippen LogP contribution in [-0.2, 0) is 19.1 Å². The lowest BCUT2D eigenvalue weighted by Crippen LogP contribution is -2.12. The molecule has 0 aliphatic carbocycles. The highest BCUT2D eigenvalue weighted by Crippen LogP contribution is 2.00. The molecule has 15 heavy (non-hydrogen) atoms. The van der Waals surface area contributed by atoms with Gasteiger partial charge in [0.05, 0.1) is 19.1 Å². The monoisotopic (exact) mass is 216 g/mol. The van der Waals surface area contributed by atoms with Crippen molar-refractivity contribution in [1.29, 1.82) is 0 Å². The summed E-state index contributed by atoms with van der Waals surface area (Å²) in [6.45, 7) is 5.92. The van der Waals surface area contributed by atoms with Crippen LogP contribution in [-0.4, -0.2) is 25.2 Å². The van der Waals surface area contributed by atoms with Crippen molar-refractivity contribution >= 4 is 11.9 Å². The summed E-state index contributed by atoms with van der Waals surface area (Å²) < 4.78 is 9.75. The van der Waals surface area contributed by atoms with Crippen LogP contribution in [0.5, 0.6) is 0 Å². The molecule has 0 aromatic carbocycles. The van der Waals surface area contributed by atoms with Gasteiger partial charge in [0.15, 0.2) is 0 Å². The fourth-order valence-electron chi connectivity index (χ4n) is 0.936. The second-order valence-corrected chi connectivity index (χ2v) is 3.72. The summed E-state index contributed by atoms with van der Waals surface area (Å²) in [6, 6.07) is 0. The highest BCUT2D eigenvalue weighted by molar-refractivity contribution is 5.71. The van der Waals surface area contributed by atoms with Gasteiger partial charge in [-0.25, -0.2) is 0 Å². The van der Waals surface area contributed by atoms with E-state index >= 15 is 0 Å². The summed E-state index contributed by atoms with van der Waals surface area (Å²) in [5.41, 5.74) is 0. The molecule has 0 N–H and O–H groups in total. The fourth-order valence-corrected chi connectivity index (χ4v) is 0.936. The first-order valence-electron chi connectivity index (χ1n) is 5.34. The van der Waals surface area contributed by atoms with Crippen molar-refractivity contribution in [3.63, 3.8) is 0 Å². The molecule has 0 rings (SSSR count). The largest absolute Gasteiger partial charge is 0.466 e. The highest BCUT2D eigenvalue weighted by Gasteiger charge is 2.06. The predicted octanol–water partition coefficient (Wildman–Crippen LogP) is 1.92. The summed E-state index contributed by atoms with van der Waals surface area (Å²) in [5.74, 6) is -0.470. The lowest BCUT2D eigenvalue weighted by Gasteiger charge is -2.06. The number of unbranched alkanes of at least 4 members (excludes halogenated alkanes) is 2. The highest BCUT2D eigenvalue weighted by atomic mass is 16.5. The Labute approximate surface area is 90.9 Å². The van der Waals surface area contributed by atoms with Gasteiger partial charge in [0.2, 0.25) is 0 Å². The maximum Gasteiger partial charge on any atom is 0.308 e. The van der Waals surface area contributed by atoms with Gasteiger partial charge in [0.1, 0.15) is 0 Å². The molecule has 0 aromatic heterocycles. The molecule has 0 radical (unpaired) electrons. The molecule has 0 atom stereocenters. The van der Waals surface area contributed by atoms with E-state index in [1.807, 2.05) is 13.8 Å².